The first-order chi connectivity index (χ1) is 20.2. The predicted molar refractivity (Wildman–Crippen MR) is 165 cm³/mol. The van der Waals surface area contributed by atoms with Gasteiger partial charge in [-0.1, -0.05) is 32.4 Å². The number of nitrogens with zero attached hydrogens (tertiary/aromatic N) is 6. The summed E-state index contributed by atoms with van der Waals surface area (Å²) in [5, 5.41) is 6.87. The van der Waals surface area contributed by atoms with Gasteiger partial charge in [0.25, 0.3) is 0 Å². The molecule has 0 bridgehead atoms. The number of likely N-dealkylation sites (N-methyl/N-ethyl adjacent to an activating group) is 1. The van der Waals surface area contributed by atoms with Crippen molar-refractivity contribution < 1.29 is 4.74 Å². The second-order valence-corrected chi connectivity index (χ2v) is 10.3. The van der Waals surface area contributed by atoms with Crippen molar-refractivity contribution >= 4 is 23.1 Å². The van der Waals surface area contributed by atoms with Gasteiger partial charge in [-0.3, -0.25) is 4.90 Å². The van der Waals surface area contributed by atoms with Gasteiger partial charge < -0.3 is 20.3 Å². The zero-order valence-corrected chi connectivity index (χ0v) is 24.1. The highest BCUT2D eigenvalue weighted by atomic mass is 16.5. The van der Waals surface area contributed by atoms with Gasteiger partial charge in [0.05, 0.1) is 0 Å². The molecule has 1 saturated heterocycles. The molecule has 1 aliphatic heterocycles. The van der Waals surface area contributed by atoms with E-state index in [0.717, 1.165) is 54.4 Å². The Hall–Kier alpha value is -4.08. The van der Waals surface area contributed by atoms with Gasteiger partial charge in [-0.2, -0.15) is 4.98 Å². The molecule has 1 aliphatic rings. The normalized spacial score (nSPS) is 13.7. The maximum Gasteiger partial charge on any atom is 0.229 e. The van der Waals surface area contributed by atoms with Crippen LogP contribution in [-0.4, -0.2) is 69.1 Å². The fourth-order valence-electron chi connectivity index (χ4n) is 5.04. The Bertz CT molecular complexity index is 1360. The van der Waals surface area contributed by atoms with Crippen LogP contribution in [0.25, 0.3) is 11.1 Å². The molecule has 5 rings (SSSR count). The summed E-state index contributed by atoms with van der Waals surface area (Å²) in [5.74, 6) is 2.02. The quantitative estimate of drug-likeness (QED) is 0.203. The van der Waals surface area contributed by atoms with E-state index in [1.807, 2.05) is 24.3 Å². The van der Waals surface area contributed by atoms with Crippen molar-refractivity contribution in [3.05, 3.63) is 79.0 Å². The molecule has 9 nitrogen and oxygen atoms in total. The number of anilines is 4. The summed E-state index contributed by atoms with van der Waals surface area (Å²) >= 11 is 0. The number of benzene rings is 2. The molecule has 0 atom stereocenters. The number of hydrogen-bond donors (Lipinski definition) is 2. The molecule has 2 aromatic heterocycles. The molecule has 0 unspecified atom stereocenters. The molecule has 0 saturated carbocycles. The van der Waals surface area contributed by atoms with Crippen molar-refractivity contribution in [3.8, 4) is 16.9 Å². The first kappa shape index (κ1) is 28.4. The molecule has 2 N–H and O–H groups in total. The Kier molecular flexibility index (Phi) is 10.1. The van der Waals surface area contributed by atoms with E-state index in [-0.39, 0.29) is 0 Å². The van der Waals surface area contributed by atoms with Gasteiger partial charge in [0.15, 0.2) is 0 Å². The fraction of sp³-hybridized carbons (Fsp3) is 0.375. The molecule has 41 heavy (non-hydrogen) atoms. The van der Waals surface area contributed by atoms with E-state index in [9.17, 15) is 0 Å². The standard InChI is InChI=1S/C32H40N8O/c1-3-39(4-2)17-18-41-29-13-11-27(12-14-29)37-32-35-22-30(26-20-33-24-34-21-26)31(38-32)36-28-10-8-9-25(19-28)23-40-15-6-5-7-16-40/h8-14,19-22,24H,3-7,15-18,23H2,1-2H3,(H2,35,36,37,38). The van der Waals surface area contributed by atoms with Crippen LogP contribution in [0, 0.1) is 0 Å². The predicted octanol–water partition coefficient (Wildman–Crippen LogP) is 6.13. The van der Waals surface area contributed by atoms with Gasteiger partial charge in [-0.15, -0.1) is 0 Å². The minimum Gasteiger partial charge on any atom is -0.492 e. The van der Waals surface area contributed by atoms with E-state index in [1.165, 1.54) is 44.2 Å². The minimum atomic E-state index is 0.493. The molecule has 0 aliphatic carbocycles. The third kappa shape index (κ3) is 8.22. The van der Waals surface area contributed by atoms with E-state index < -0.39 is 0 Å². The second-order valence-electron chi connectivity index (χ2n) is 10.3. The third-order valence-corrected chi connectivity index (χ3v) is 7.39. The number of nitrogens with one attached hydrogen (secondary N) is 2. The van der Waals surface area contributed by atoms with Crippen LogP contribution in [0.3, 0.4) is 0 Å². The van der Waals surface area contributed by atoms with E-state index in [2.05, 4.69) is 73.5 Å². The average molecular weight is 553 g/mol. The number of likely N-dealkylation sites (tertiary alicyclic amines) is 1. The van der Waals surface area contributed by atoms with E-state index >= 15 is 0 Å². The van der Waals surface area contributed by atoms with Crippen molar-refractivity contribution in [3.63, 3.8) is 0 Å². The molecule has 4 aromatic rings. The summed E-state index contributed by atoms with van der Waals surface area (Å²) in [6.45, 7) is 11.3. The van der Waals surface area contributed by atoms with Gasteiger partial charge in [0.1, 0.15) is 24.5 Å². The molecule has 3 heterocycles. The molecule has 0 radical (unpaired) electrons. The summed E-state index contributed by atoms with van der Waals surface area (Å²) in [6.07, 6.45) is 10.8. The van der Waals surface area contributed by atoms with E-state index in [4.69, 9.17) is 9.72 Å². The molecule has 0 amide bonds. The number of aromatic nitrogens is 4. The van der Waals surface area contributed by atoms with Crippen molar-refractivity contribution in [2.24, 2.45) is 0 Å². The largest absolute Gasteiger partial charge is 0.492 e. The Labute approximate surface area is 243 Å². The van der Waals surface area contributed by atoms with Gasteiger partial charge in [0, 0.05) is 54.2 Å². The first-order valence-electron chi connectivity index (χ1n) is 14.6. The lowest BCUT2D eigenvalue weighted by Gasteiger charge is -2.26. The van der Waals surface area contributed by atoms with Crippen LogP contribution in [0.15, 0.2) is 73.4 Å². The SMILES string of the molecule is CCN(CC)CCOc1ccc(Nc2ncc(-c3cncnc3)c(Nc3cccc(CN4CCCCC4)c3)n2)cc1. The molecule has 1 fully saturated rings. The fourth-order valence-corrected chi connectivity index (χ4v) is 5.04. The molecule has 214 valence electrons. The summed E-state index contributed by atoms with van der Waals surface area (Å²) in [5.41, 5.74) is 4.82. The van der Waals surface area contributed by atoms with Crippen LogP contribution in [0.2, 0.25) is 0 Å². The summed E-state index contributed by atoms with van der Waals surface area (Å²) < 4.78 is 5.93. The van der Waals surface area contributed by atoms with Gasteiger partial charge in [-0.25, -0.2) is 15.0 Å². The van der Waals surface area contributed by atoms with Crippen molar-refractivity contribution in [1.29, 1.82) is 0 Å². The van der Waals surface area contributed by atoms with Crippen LogP contribution in [0.4, 0.5) is 23.1 Å². The summed E-state index contributed by atoms with van der Waals surface area (Å²) in [6, 6.07) is 16.4. The summed E-state index contributed by atoms with van der Waals surface area (Å²) in [7, 11) is 0. The lowest BCUT2D eigenvalue weighted by Crippen LogP contribution is -2.29. The van der Waals surface area contributed by atoms with E-state index in [1.54, 1.807) is 18.6 Å². The molecular formula is C32H40N8O. The number of ether oxygens (including phenoxy) is 1. The highest BCUT2D eigenvalue weighted by Gasteiger charge is 2.13. The van der Waals surface area contributed by atoms with Crippen LogP contribution < -0.4 is 15.4 Å². The van der Waals surface area contributed by atoms with Crippen molar-refractivity contribution in [2.75, 3.05) is 50.0 Å². The minimum absolute atomic E-state index is 0.493. The summed E-state index contributed by atoms with van der Waals surface area (Å²) in [4.78, 5) is 22.7. The van der Waals surface area contributed by atoms with E-state index in [0.29, 0.717) is 18.4 Å². The zero-order chi connectivity index (χ0) is 28.3. The Balaban J connectivity index is 1.30. The third-order valence-electron chi connectivity index (χ3n) is 7.39. The van der Waals surface area contributed by atoms with Gasteiger partial charge in [-0.05, 0) is 81.0 Å². The monoisotopic (exact) mass is 552 g/mol. The number of hydrogen-bond acceptors (Lipinski definition) is 9. The second kappa shape index (κ2) is 14.5. The first-order valence-corrected chi connectivity index (χ1v) is 14.6. The number of rotatable bonds is 13. The molecule has 0 spiro atoms. The van der Waals surface area contributed by atoms with Crippen LogP contribution in [0.5, 0.6) is 5.75 Å². The Morgan fingerprint density at radius 3 is 2.41 bits per heavy atom. The van der Waals surface area contributed by atoms with Crippen molar-refractivity contribution in [1.82, 2.24) is 29.7 Å². The van der Waals surface area contributed by atoms with Crippen LogP contribution >= 0.6 is 0 Å². The van der Waals surface area contributed by atoms with Crippen LogP contribution in [0.1, 0.15) is 38.7 Å². The van der Waals surface area contributed by atoms with Crippen LogP contribution in [-0.2, 0) is 6.54 Å². The number of piperidine rings is 1. The molecular weight excluding hydrogens is 512 g/mol. The lowest BCUT2D eigenvalue weighted by molar-refractivity contribution is 0.221. The highest BCUT2D eigenvalue weighted by Crippen LogP contribution is 2.30. The zero-order valence-electron chi connectivity index (χ0n) is 24.1. The maximum absolute atomic E-state index is 5.93. The van der Waals surface area contributed by atoms with Gasteiger partial charge >= 0.3 is 0 Å². The molecule has 9 heteroatoms. The Morgan fingerprint density at radius 2 is 1.66 bits per heavy atom. The van der Waals surface area contributed by atoms with Gasteiger partial charge in [0.2, 0.25) is 5.95 Å². The maximum atomic E-state index is 5.93. The topological polar surface area (TPSA) is 91.3 Å². The smallest absolute Gasteiger partial charge is 0.229 e. The highest BCUT2D eigenvalue weighted by molar-refractivity contribution is 5.78. The Morgan fingerprint density at radius 1 is 0.878 bits per heavy atom. The van der Waals surface area contributed by atoms with Crippen molar-refractivity contribution in [2.45, 2.75) is 39.7 Å². The average Bonchev–Trinajstić information content (AvgIpc) is 3.01. The lowest BCUT2D eigenvalue weighted by atomic mass is 10.1. The molecule has 2 aromatic carbocycles.